The zero-order chi connectivity index (χ0) is 19.8. The third kappa shape index (κ3) is 5.47. The third-order valence-electron chi connectivity index (χ3n) is 4.88. The average molecular weight is 384 g/mol. The molecule has 0 saturated carbocycles. The van der Waals surface area contributed by atoms with Gasteiger partial charge in [-0.05, 0) is 36.8 Å². The number of amides is 1. The highest BCUT2D eigenvalue weighted by Gasteiger charge is 2.24. The maximum absolute atomic E-state index is 12.6. The quantitative estimate of drug-likeness (QED) is 0.758. The maximum Gasteiger partial charge on any atom is 0.260 e. The third-order valence-corrected chi connectivity index (χ3v) is 4.88. The van der Waals surface area contributed by atoms with Crippen LogP contribution in [0.2, 0.25) is 0 Å². The molecule has 1 N–H and O–H groups in total. The molecule has 0 aliphatic carbocycles. The number of benzene rings is 2. The fourth-order valence-electron chi connectivity index (χ4n) is 3.28. The monoisotopic (exact) mass is 384 g/mol. The Hall–Kier alpha value is -2.57. The molecule has 2 aromatic rings. The first kappa shape index (κ1) is 20.2. The Labute approximate surface area is 166 Å². The molecule has 0 radical (unpaired) electrons. The summed E-state index contributed by atoms with van der Waals surface area (Å²) in [6.45, 7) is 5.42. The molecule has 0 spiro atoms. The average Bonchev–Trinajstić information content (AvgIpc) is 2.76. The van der Waals surface area contributed by atoms with Crippen LogP contribution >= 0.6 is 0 Å². The summed E-state index contributed by atoms with van der Waals surface area (Å²) >= 11 is 0. The topological polar surface area (TPSA) is 60.0 Å². The van der Waals surface area contributed by atoms with Crippen LogP contribution in [0.5, 0.6) is 11.5 Å². The Kier molecular flexibility index (Phi) is 7.28. The van der Waals surface area contributed by atoms with Crippen molar-refractivity contribution in [2.45, 2.75) is 19.1 Å². The summed E-state index contributed by atoms with van der Waals surface area (Å²) in [6.07, 6.45) is -0.588. The van der Waals surface area contributed by atoms with Crippen LogP contribution in [0.1, 0.15) is 18.5 Å². The first-order valence-corrected chi connectivity index (χ1v) is 9.62. The molecular formula is C22H28N2O4. The van der Waals surface area contributed by atoms with Crippen LogP contribution in [0, 0.1) is 0 Å². The van der Waals surface area contributed by atoms with Crippen molar-refractivity contribution >= 4 is 5.91 Å². The Bertz CT molecular complexity index is 730. The molecule has 28 heavy (non-hydrogen) atoms. The van der Waals surface area contributed by atoms with Gasteiger partial charge < -0.3 is 19.5 Å². The molecule has 3 rings (SSSR count). The van der Waals surface area contributed by atoms with E-state index in [-0.39, 0.29) is 11.9 Å². The molecule has 2 atom stereocenters. The SMILES string of the molecule is COc1ccc(OC(C)C(=O)NCC(c2ccccc2)N2CCOCC2)cc1. The molecule has 1 saturated heterocycles. The Morgan fingerprint density at radius 1 is 1.07 bits per heavy atom. The lowest BCUT2D eigenvalue weighted by Gasteiger charge is -2.35. The fraction of sp³-hybridized carbons (Fsp3) is 0.409. The lowest BCUT2D eigenvalue weighted by Crippen LogP contribution is -2.45. The number of nitrogens with zero attached hydrogens (tertiary/aromatic N) is 1. The second kappa shape index (κ2) is 10.1. The number of rotatable bonds is 8. The molecule has 1 aliphatic rings. The molecule has 1 aliphatic heterocycles. The number of ether oxygens (including phenoxy) is 3. The minimum Gasteiger partial charge on any atom is -0.497 e. The molecule has 150 valence electrons. The molecule has 1 amide bonds. The van der Waals surface area contributed by atoms with Gasteiger partial charge in [-0.1, -0.05) is 30.3 Å². The molecule has 2 aromatic carbocycles. The van der Waals surface area contributed by atoms with Crippen molar-refractivity contribution in [3.8, 4) is 11.5 Å². The number of morpholine rings is 1. The molecule has 2 unspecified atom stereocenters. The summed E-state index contributed by atoms with van der Waals surface area (Å²) in [5.41, 5.74) is 1.19. The second-order valence-corrected chi connectivity index (χ2v) is 6.76. The number of methoxy groups -OCH3 is 1. The summed E-state index contributed by atoms with van der Waals surface area (Å²) in [6, 6.07) is 17.6. The van der Waals surface area contributed by atoms with Crippen molar-refractivity contribution in [2.75, 3.05) is 40.0 Å². The molecule has 0 bridgehead atoms. The molecular weight excluding hydrogens is 356 g/mol. The first-order chi connectivity index (χ1) is 13.7. The summed E-state index contributed by atoms with van der Waals surface area (Å²) in [4.78, 5) is 14.9. The van der Waals surface area contributed by atoms with E-state index < -0.39 is 6.10 Å². The Balaban J connectivity index is 1.58. The van der Waals surface area contributed by atoms with Gasteiger partial charge in [-0.3, -0.25) is 9.69 Å². The van der Waals surface area contributed by atoms with Gasteiger partial charge in [-0.2, -0.15) is 0 Å². The highest BCUT2D eigenvalue weighted by molar-refractivity contribution is 5.80. The molecule has 6 heteroatoms. The first-order valence-electron chi connectivity index (χ1n) is 9.62. The van der Waals surface area contributed by atoms with Gasteiger partial charge in [0.25, 0.3) is 5.91 Å². The van der Waals surface area contributed by atoms with Gasteiger partial charge >= 0.3 is 0 Å². The number of carbonyl (C=O) groups excluding carboxylic acids is 1. The van der Waals surface area contributed by atoms with Gasteiger partial charge in [0.2, 0.25) is 0 Å². The van der Waals surface area contributed by atoms with Crippen LogP contribution in [-0.4, -0.2) is 56.9 Å². The Morgan fingerprint density at radius 2 is 1.71 bits per heavy atom. The molecule has 6 nitrogen and oxygen atoms in total. The smallest absolute Gasteiger partial charge is 0.260 e. The zero-order valence-electron chi connectivity index (χ0n) is 16.5. The molecule has 1 heterocycles. The van der Waals surface area contributed by atoms with Crippen molar-refractivity contribution in [1.82, 2.24) is 10.2 Å². The van der Waals surface area contributed by atoms with Crippen molar-refractivity contribution in [3.63, 3.8) is 0 Å². The molecule has 1 fully saturated rings. The van der Waals surface area contributed by atoms with Gasteiger partial charge in [-0.15, -0.1) is 0 Å². The van der Waals surface area contributed by atoms with E-state index in [2.05, 4.69) is 22.3 Å². The number of carbonyl (C=O) groups is 1. The fourth-order valence-corrected chi connectivity index (χ4v) is 3.28. The van der Waals surface area contributed by atoms with Crippen LogP contribution in [0.15, 0.2) is 54.6 Å². The maximum atomic E-state index is 12.6. The summed E-state index contributed by atoms with van der Waals surface area (Å²) < 4.78 is 16.4. The van der Waals surface area contributed by atoms with E-state index in [1.54, 1.807) is 26.2 Å². The number of hydrogen-bond donors (Lipinski definition) is 1. The minimum absolute atomic E-state index is 0.113. The highest BCUT2D eigenvalue weighted by Crippen LogP contribution is 2.21. The highest BCUT2D eigenvalue weighted by atomic mass is 16.5. The lowest BCUT2D eigenvalue weighted by molar-refractivity contribution is -0.127. The van der Waals surface area contributed by atoms with Crippen LogP contribution < -0.4 is 14.8 Å². The second-order valence-electron chi connectivity index (χ2n) is 6.76. The Morgan fingerprint density at radius 3 is 2.36 bits per heavy atom. The van der Waals surface area contributed by atoms with Gasteiger partial charge in [-0.25, -0.2) is 0 Å². The van der Waals surface area contributed by atoms with Crippen LogP contribution in [0.4, 0.5) is 0 Å². The van der Waals surface area contributed by atoms with E-state index >= 15 is 0 Å². The van der Waals surface area contributed by atoms with Crippen molar-refractivity contribution < 1.29 is 19.0 Å². The van der Waals surface area contributed by atoms with E-state index in [1.165, 1.54) is 5.56 Å². The van der Waals surface area contributed by atoms with Gasteiger partial charge in [0.05, 0.1) is 26.4 Å². The van der Waals surface area contributed by atoms with E-state index in [1.807, 2.05) is 30.3 Å². The molecule has 0 aromatic heterocycles. The van der Waals surface area contributed by atoms with Gasteiger partial charge in [0, 0.05) is 19.6 Å². The van der Waals surface area contributed by atoms with Crippen LogP contribution in [-0.2, 0) is 9.53 Å². The van der Waals surface area contributed by atoms with E-state index in [4.69, 9.17) is 14.2 Å². The zero-order valence-corrected chi connectivity index (χ0v) is 16.5. The van der Waals surface area contributed by atoms with Crippen LogP contribution in [0.25, 0.3) is 0 Å². The van der Waals surface area contributed by atoms with Crippen molar-refractivity contribution in [3.05, 3.63) is 60.2 Å². The van der Waals surface area contributed by atoms with Crippen molar-refractivity contribution in [2.24, 2.45) is 0 Å². The lowest BCUT2D eigenvalue weighted by atomic mass is 10.0. The number of nitrogens with one attached hydrogen (secondary N) is 1. The number of hydrogen-bond acceptors (Lipinski definition) is 5. The van der Waals surface area contributed by atoms with E-state index in [0.717, 1.165) is 18.8 Å². The van der Waals surface area contributed by atoms with E-state index in [9.17, 15) is 4.79 Å². The summed E-state index contributed by atoms with van der Waals surface area (Å²) in [5, 5.41) is 3.05. The predicted octanol–water partition coefficient (Wildman–Crippen LogP) is 2.65. The van der Waals surface area contributed by atoms with E-state index in [0.29, 0.717) is 25.5 Å². The standard InChI is InChI=1S/C22H28N2O4/c1-17(28-20-10-8-19(26-2)9-11-20)22(25)23-16-21(18-6-4-3-5-7-18)24-12-14-27-15-13-24/h3-11,17,21H,12-16H2,1-2H3,(H,23,25). The predicted molar refractivity (Wildman–Crippen MR) is 108 cm³/mol. The minimum atomic E-state index is -0.588. The largest absolute Gasteiger partial charge is 0.497 e. The van der Waals surface area contributed by atoms with Gasteiger partial charge in [0.15, 0.2) is 6.10 Å². The van der Waals surface area contributed by atoms with Crippen molar-refractivity contribution in [1.29, 1.82) is 0 Å². The van der Waals surface area contributed by atoms with Gasteiger partial charge in [0.1, 0.15) is 11.5 Å². The summed E-state index contributed by atoms with van der Waals surface area (Å²) in [7, 11) is 1.61. The van der Waals surface area contributed by atoms with Crippen LogP contribution in [0.3, 0.4) is 0 Å². The normalized spacial score (nSPS) is 16.8. The summed E-state index contributed by atoms with van der Waals surface area (Å²) in [5.74, 6) is 1.25.